The molecule has 3 rings (SSSR count). The molecule has 0 aliphatic carbocycles. The third-order valence-electron chi connectivity index (χ3n) is 4.07. The number of hydrogen-bond acceptors (Lipinski definition) is 2. The Morgan fingerprint density at radius 1 is 1.07 bits per heavy atom. The van der Waals surface area contributed by atoms with Crippen molar-refractivity contribution in [3.05, 3.63) is 0 Å². The molecule has 0 aromatic carbocycles. The standard InChI is InChI=1S/C11H18N2O/c14-11(10-2-1-7-12-10)13-8-3-4-9(13)6-5-8/h8-10,12H,1-7H2/t8?,9?,10-/m0/s1. The SMILES string of the molecule is O=C([C@@H]1CCCN1)N1C2CCC1CC2. The summed E-state index contributed by atoms with van der Waals surface area (Å²) >= 11 is 0. The summed E-state index contributed by atoms with van der Waals surface area (Å²) in [6, 6.07) is 1.33. The first-order chi connectivity index (χ1) is 6.86. The van der Waals surface area contributed by atoms with Gasteiger partial charge >= 0.3 is 0 Å². The van der Waals surface area contributed by atoms with Crippen LogP contribution in [0.4, 0.5) is 0 Å². The third-order valence-corrected chi connectivity index (χ3v) is 4.07. The van der Waals surface area contributed by atoms with E-state index < -0.39 is 0 Å². The molecule has 3 heterocycles. The fourth-order valence-corrected chi connectivity index (χ4v) is 3.35. The first-order valence-electron chi connectivity index (χ1n) is 5.92. The Morgan fingerprint density at radius 2 is 1.71 bits per heavy atom. The molecule has 1 N–H and O–H groups in total. The lowest BCUT2D eigenvalue weighted by Gasteiger charge is -2.25. The van der Waals surface area contributed by atoms with E-state index in [0.717, 1.165) is 13.0 Å². The van der Waals surface area contributed by atoms with Crippen LogP contribution in [-0.4, -0.2) is 35.5 Å². The van der Waals surface area contributed by atoms with Gasteiger partial charge in [-0.15, -0.1) is 0 Å². The Hall–Kier alpha value is -0.570. The van der Waals surface area contributed by atoms with E-state index in [-0.39, 0.29) is 6.04 Å². The Morgan fingerprint density at radius 3 is 2.21 bits per heavy atom. The number of fused-ring (bicyclic) bond motifs is 2. The number of rotatable bonds is 1. The quantitative estimate of drug-likeness (QED) is 0.672. The third kappa shape index (κ3) is 1.18. The Balaban J connectivity index is 1.72. The van der Waals surface area contributed by atoms with Gasteiger partial charge in [0.05, 0.1) is 6.04 Å². The number of nitrogens with one attached hydrogen (secondary N) is 1. The minimum atomic E-state index is 0.149. The lowest BCUT2D eigenvalue weighted by molar-refractivity contribution is -0.134. The zero-order valence-corrected chi connectivity index (χ0v) is 8.54. The lowest BCUT2D eigenvalue weighted by atomic mass is 10.0. The van der Waals surface area contributed by atoms with Gasteiger partial charge in [0.1, 0.15) is 0 Å². The highest BCUT2D eigenvalue weighted by Gasteiger charge is 2.44. The average molecular weight is 194 g/mol. The van der Waals surface area contributed by atoms with E-state index in [1.807, 2.05) is 0 Å². The van der Waals surface area contributed by atoms with E-state index in [9.17, 15) is 4.79 Å². The number of amides is 1. The van der Waals surface area contributed by atoms with Gasteiger partial charge < -0.3 is 10.2 Å². The molecule has 2 bridgehead atoms. The minimum Gasteiger partial charge on any atom is -0.335 e. The highest BCUT2D eigenvalue weighted by Crippen LogP contribution is 2.38. The van der Waals surface area contributed by atoms with Crippen LogP contribution in [0.15, 0.2) is 0 Å². The van der Waals surface area contributed by atoms with Gasteiger partial charge in [-0.25, -0.2) is 0 Å². The predicted molar refractivity (Wildman–Crippen MR) is 53.9 cm³/mol. The maximum Gasteiger partial charge on any atom is 0.240 e. The fourth-order valence-electron chi connectivity index (χ4n) is 3.35. The van der Waals surface area contributed by atoms with Gasteiger partial charge in [0.25, 0.3) is 0 Å². The number of hydrogen-bond donors (Lipinski definition) is 1. The summed E-state index contributed by atoms with van der Waals surface area (Å²) in [6.07, 6.45) is 7.23. The van der Waals surface area contributed by atoms with Crippen LogP contribution in [0.25, 0.3) is 0 Å². The second-order valence-electron chi connectivity index (χ2n) is 4.86. The molecule has 78 valence electrons. The van der Waals surface area contributed by atoms with E-state index in [2.05, 4.69) is 10.2 Å². The first kappa shape index (κ1) is 8.72. The molecule has 3 aliphatic heterocycles. The maximum atomic E-state index is 12.2. The van der Waals surface area contributed by atoms with E-state index in [0.29, 0.717) is 18.0 Å². The molecule has 0 radical (unpaired) electrons. The molecule has 1 atom stereocenters. The van der Waals surface area contributed by atoms with Gasteiger partial charge in [0, 0.05) is 12.1 Å². The molecule has 0 aromatic rings. The summed E-state index contributed by atoms with van der Waals surface area (Å²) in [7, 11) is 0. The number of nitrogens with zero attached hydrogens (tertiary/aromatic N) is 1. The molecule has 0 spiro atoms. The van der Waals surface area contributed by atoms with E-state index in [1.165, 1.54) is 32.1 Å². The average Bonchev–Trinajstić information content (AvgIpc) is 2.94. The molecule has 0 aromatic heterocycles. The van der Waals surface area contributed by atoms with Gasteiger partial charge in [0.2, 0.25) is 5.91 Å². The summed E-state index contributed by atoms with van der Waals surface area (Å²) in [5, 5.41) is 3.31. The minimum absolute atomic E-state index is 0.149. The molecule has 0 unspecified atom stereocenters. The van der Waals surface area contributed by atoms with Gasteiger partial charge in [-0.05, 0) is 45.1 Å². The fraction of sp³-hybridized carbons (Fsp3) is 0.909. The number of carbonyl (C=O) groups is 1. The van der Waals surface area contributed by atoms with Crippen molar-refractivity contribution in [2.75, 3.05) is 6.54 Å². The van der Waals surface area contributed by atoms with Crippen LogP contribution < -0.4 is 5.32 Å². The van der Waals surface area contributed by atoms with Crippen molar-refractivity contribution in [1.82, 2.24) is 10.2 Å². The highest BCUT2D eigenvalue weighted by atomic mass is 16.2. The Bertz CT molecular complexity index is 228. The van der Waals surface area contributed by atoms with Gasteiger partial charge in [0.15, 0.2) is 0 Å². The maximum absolute atomic E-state index is 12.2. The summed E-state index contributed by atoms with van der Waals surface area (Å²) in [4.78, 5) is 14.4. The first-order valence-corrected chi connectivity index (χ1v) is 5.92. The van der Waals surface area contributed by atoms with Crippen LogP contribution in [0, 0.1) is 0 Å². The van der Waals surface area contributed by atoms with Crippen molar-refractivity contribution >= 4 is 5.91 Å². The van der Waals surface area contributed by atoms with Gasteiger partial charge in [-0.3, -0.25) is 4.79 Å². The lowest BCUT2D eigenvalue weighted by Crippen LogP contribution is -2.45. The van der Waals surface area contributed by atoms with Crippen LogP contribution in [0.1, 0.15) is 38.5 Å². The molecule has 3 nitrogen and oxygen atoms in total. The second kappa shape index (κ2) is 3.23. The molecule has 3 aliphatic rings. The van der Waals surface area contributed by atoms with Crippen LogP contribution in [0.2, 0.25) is 0 Å². The van der Waals surface area contributed by atoms with Crippen molar-refractivity contribution < 1.29 is 4.79 Å². The zero-order valence-electron chi connectivity index (χ0n) is 8.54. The van der Waals surface area contributed by atoms with Crippen LogP contribution in [0.5, 0.6) is 0 Å². The predicted octanol–water partition coefficient (Wildman–Crippen LogP) is 0.892. The van der Waals surface area contributed by atoms with E-state index in [1.54, 1.807) is 0 Å². The van der Waals surface area contributed by atoms with Crippen molar-refractivity contribution in [3.8, 4) is 0 Å². The molecule has 3 saturated heterocycles. The molecule has 3 fully saturated rings. The summed E-state index contributed by atoms with van der Waals surface area (Å²) in [5.41, 5.74) is 0. The van der Waals surface area contributed by atoms with Crippen LogP contribution in [0.3, 0.4) is 0 Å². The Kier molecular flexibility index (Phi) is 2.01. The van der Waals surface area contributed by atoms with Crippen molar-refractivity contribution in [3.63, 3.8) is 0 Å². The second-order valence-corrected chi connectivity index (χ2v) is 4.86. The summed E-state index contributed by atoms with van der Waals surface area (Å²) in [6.45, 7) is 1.03. The van der Waals surface area contributed by atoms with E-state index >= 15 is 0 Å². The molecular formula is C11H18N2O. The molecular weight excluding hydrogens is 176 g/mol. The Labute approximate surface area is 84.8 Å². The monoisotopic (exact) mass is 194 g/mol. The normalized spacial score (nSPS) is 40.9. The summed E-state index contributed by atoms with van der Waals surface area (Å²) < 4.78 is 0. The molecule has 14 heavy (non-hydrogen) atoms. The largest absolute Gasteiger partial charge is 0.335 e. The smallest absolute Gasteiger partial charge is 0.240 e. The molecule has 3 heteroatoms. The summed E-state index contributed by atoms with van der Waals surface area (Å²) in [5.74, 6) is 0.396. The van der Waals surface area contributed by atoms with Gasteiger partial charge in [-0.2, -0.15) is 0 Å². The van der Waals surface area contributed by atoms with Crippen molar-refractivity contribution in [2.45, 2.75) is 56.7 Å². The number of carbonyl (C=O) groups excluding carboxylic acids is 1. The van der Waals surface area contributed by atoms with Crippen molar-refractivity contribution in [1.29, 1.82) is 0 Å². The topological polar surface area (TPSA) is 32.3 Å². The van der Waals surface area contributed by atoms with E-state index in [4.69, 9.17) is 0 Å². The van der Waals surface area contributed by atoms with Gasteiger partial charge in [-0.1, -0.05) is 0 Å². The highest BCUT2D eigenvalue weighted by molar-refractivity contribution is 5.83. The zero-order chi connectivity index (χ0) is 9.54. The van der Waals surface area contributed by atoms with Crippen LogP contribution >= 0.6 is 0 Å². The van der Waals surface area contributed by atoms with Crippen LogP contribution in [-0.2, 0) is 4.79 Å². The molecule has 0 saturated carbocycles. The molecule has 1 amide bonds. The van der Waals surface area contributed by atoms with Crippen molar-refractivity contribution in [2.24, 2.45) is 0 Å².